The molecule has 1 aromatic heterocycles. The van der Waals surface area contributed by atoms with Crippen molar-refractivity contribution in [2.75, 3.05) is 4.72 Å². The number of sulfonamides is 1. The van der Waals surface area contributed by atoms with Gasteiger partial charge in [0.2, 0.25) is 0 Å². The van der Waals surface area contributed by atoms with Gasteiger partial charge in [0.25, 0.3) is 10.0 Å². The average Bonchev–Trinajstić information content (AvgIpc) is 3.23. The number of nitrogens with zero attached hydrogens (tertiary/aromatic N) is 1. The lowest BCUT2D eigenvalue weighted by Gasteiger charge is -2.18. The van der Waals surface area contributed by atoms with E-state index < -0.39 is 10.0 Å². The van der Waals surface area contributed by atoms with E-state index in [2.05, 4.69) is 9.71 Å². The number of rotatable bonds is 4. The van der Waals surface area contributed by atoms with Crippen molar-refractivity contribution in [3.8, 4) is 0 Å². The molecule has 1 N–H and O–H groups in total. The largest absolute Gasteiger partial charge is 0.264 e. The first-order valence-electron chi connectivity index (χ1n) is 7.77. The lowest BCUT2D eigenvalue weighted by atomic mass is 9.95. The molecular formula is C17H22N2O2S2. The summed E-state index contributed by atoms with van der Waals surface area (Å²) < 4.78 is 28.5. The van der Waals surface area contributed by atoms with E-state index in [0.29, 0.717) is 15.9 Å². The molecule has 1 heterocycles. The van der Waals surface area contributed by atoms with E-state index in [1.165, 1.54) is 11.3 Å². The summed E-state index contributed by atoms with van der Waals surface area (Å²) in [5.41, 5.74) is 5.87. The van der Waals surface area contributed by atoms with Gasteiger partial charge in [-0.2, -0.15) is 0 Å². The summed E-state index contributed by atoms with van der Waals surface area (Å²) in [5, 5.41) is 2.42. The van der Waals surface area contributed by atoms with Crippen LogP contribution in [0.1, 0.15) is 52.3 Å². The first kappa shape index (κ1) is 16.5. The van der Waals surface area contributed by atoms with Gasteiger partial charge in [0, 0.05) is 11.3 Å². The van der Waals surface area contributed by atoms with Crippen molar-refractivity contribution >= 4 is 26.5 Å². The molecule has 0 aliphatic heterocycles. The number of anilines is 1. The topological polar surface area (TPSA) is 59.1 Å². The van der Waals surface area contributed by atoms with Crippen LogP contribution in [0.5, 0.6) is 0 Å². The minimum absolute atomic E-state index is 0.390. The Morgan fingerprint density at radius 1 is 1.00 bits per heavy atom. The first-order chi connectivity index (χ1) is 10.7. The van der Waals surface area contributed by atoms with Gasteiger partial charge in [-0.15, -0.1) is 11.3 Å². The Balaban J connectivity index is 2.02. The SMILES string of the molecule is Cc1c(C)c(C)c(S(=O)(=O)Nc2nc(C3CC3)cs2)c(C)c1C. The summed E-state index contributed by atoms with van der Waals surface area (Å²) in [4.78, 5) is 4.82. The number of hydrogen-bond acceptors (Lipinski definition) is 4. The quantitative estimate of drug-likeness (QED) is 0.891. The Bertz CT molecular complexity index is 849. The summed E-state index contributed by atoms with van der Waals surface area (Å²) >= 11 is 1.36. The minimum Gasteiger partial charge on any atom is -0.255 e. The Labute approximate surface area is 142 Å². The molecule has 1 aliphatic rings. The predicted octanol–water partition coefficient (Wildman–Crippen LogP) is 4.36. The molecule has 124 valence electrons. The van der Waals surface area contributed by atoms with Crippen molar-refractivity contribution in [2.24, 2.45) is 0 Å². The molecule has 1 fully saturated rings. The Kier molecular flexibility index (Phi) is 4.01. The van der Waals surface area contributed by atoms with Crippen molar-refractivity contribution in [1.29, 1.82) is 0 Å². The Hall–Kier alpha value is -1.40. The van der Waals surface area contributed by atoms with Crippen LogP contribution in [0.25, 0.3) is 0 Å². The maximum Gasteiger partial charge on any atom is 0.264 e. The molecule has 0 bridgehead atoms. The number of aromatic nitrogens is 1. The Morgan fingerprint density at radius 2 is 1.52 bits per heavy atom. The average molecular weight is 351 g/mol. The monoisotopic (exact) mass is 350 g/mol. The van der Waals surface area contributed by atoms with Crippen molar-refractivity contribution in [1.82, 2.24) is 4.98 Å². The van der Waals surface area contributed by atoms with Crippen LogP contribution in [0, 0.1) is 34.6 Å². The second kappa shape index (κ2) is 5.60. The van der Waals surface area contributed by atoms with E-state index in [-0.39, 0.29) is 0 Å². The van der Waals surface area contributed by atoms with E-state index >= 15 is 0 Å². The van der Waals surface area contributed by atoms with Crippen LogP contribution in [0.4, 0.5) is 5.13 Å². The summed E-state index contributed by atoms with van der Waals surface area (Å²) in [6.45, 7) is 9.74. The molecule has 0 radical (unpaired) electrons. The second-order valence-corrected chi connectivity index (χ2v) is 8.89. The van der Waals surface area contributed by atoms with Gasteiger partial charge in [0.1, 0.15) is 0 Å². The summed E-state index contributed by atoms with van der Waals surface area (Å²) in [5.74, 6) is 0.525. The van der Waals surface area contributed by atoms with Gasteiger partial charge in [-0.1, -0.05) is 0 Å². The molecule has 4 nitrogen and oxygen atoms in total. The molecule has 0 saturated heterocycles. The normalized spacial score (nSPS) is 15.0. The number of hydrogen-bond donors (Lipinski definition) is 1. The van der Waals surface area contributed by atoms with Crippen LogP contribution in [-0.4, -0.2) is 13.4 Å². The lowest BCUT2D eigenvalue weighted by molar-refractivity contribution is 0.599. The van der Waals surface area contributed by atoms with Crippen molar-refractivity contribution in [3.05, 3.63) is 38.9 Å². The molecule has 1 aliphatic carbocycles. The zero-order valence-electron chi connectivity index (χ0n) is 14.1. The van der Waals surface area contributed by atoms with Crippen molar-refractivity contribution in [2.45, 2.75) is 58.3 Å². The molecule has 0 amide bonds. The number of thiazole rings is 1. The van der Waals surface area contributed by atoms with Crippen LogP contribution >= 0.6 is 11.3 Å². The molecular weight excluding hydrogens is 328 g/mol. The standard InChI is InChI=1S/C17H22N2O2S2/c1-9-10(2)12(4)16(13(5)11(9)3)23(20,21)19-17-18-15(8-22-17)14-6-7-14/h8,14H,6-7H2,1-5H3,(H,18,19). The van der Waals surface area contributed by atoms with Crippen LogP contribution < -0.4 is 4.72 Å². The molecule has 1 saturated carbocycles. The summed E-state index contributed by atoms with van der Waals surface area (Å²) in [6, 6.07) is 0. The van der Waals surface area contributed by atoms with E-state index in [4.69, 9.17) is 0 Å². The van der Waals surface area contributed by atoms with E-state index in [1.54, 1.807) is 0 Å². The molecule has 1 aromatic carbocycles. The fraction of sp³-hybridized carbons (Fsp3) is 0.471. The molecule has 0 unspecified atom stereocenters. The van der Waals surface area contributed by atoms with Gasteiger partial charge in [-0.3, -0.25) is 4.72 Å². The predicted molar refractivity (Wildman–Crippen MR) is 95.0 cm³/mol. The highest BCUT2D eigenvalue weighted by molar-refractivity contribution is 7.93. The highest BCUT2D eigenvalue weighted by Gasteiger charge is 2.28. The van der Waals surface area contributed by atoms with Crippen LogP contribution in [-0.2, 0) is 10.0 Å². The maximum absolute atomic E-state index is 12.9. The highest BCUT2D eigenvalue weighted by atomic mass is 32.2. The minimum atomic E-state index is -3.63. The van der Waals surface area contributed by atoms with E-state index in [1.807, 2.05) is 40.0 Å². The summed E-state index contributed by atoms with van der Waals surface area (Å²) in [6.07, 6.45) is 2.31. The number of benzene rings is 1. The lowest BCUT2D eigenvalue weighted by Crippen LogP contribution is -2.17. The maximum atomic E-state index is 12.9. The molecule has 0 spiro atoms. The summed E-state index contributed by atoms with van der Waals surface area (Å²) in [7, 11) is -3.63. The third kappa shape index (κ3) is 2.90. The third-order valence-corrected chi connectivity index (χ3v) is 7.46. The molecule has 3 rings (SSSR count). The van der Waals surface area contributed by atoms with Crippen LogP contribution in [0.3, 0.4) is 0 Å². The third-order valence-electron chi connectivity index (χ3n) is 4.94. The zero-order chi connectivity index (χ0) is 16.9. The van der Waals surface area contributed by atoms with Gasteiger partial charge in [-0.05, 0) is 75.3 Å². The smallest absolute Gasteiger partial charge is 0.255 e. The second-order valence-electron chi connectivity index (χ2n) is 6.41. The van der Waals surface area contributed by atoms with Gasteiger partial charge in [0.15, 0.2) is 5.13 Å². The molecule has 23 heavy (non-hydrogen) atoms. The van der Waals surface area contributed by atoms with Crippen molar-refractivity contribution in [3.63, 3.8) is 0 Å². The zero-order valence-corrected chi connectivity index (χ0v) is 15.8. The number of nitrogens with one attached hydrogen (secondary N) is 1. The van der Waals surface area contributed by atoms with Gasteiger partial charge >= 0.3 is 0 Å². The Morgan fingerprint density at radius 3 is 2.04 bits per heavy atom. The molecule has 0 atom stereocenters. The van der Waals surface area contributed by atoms with Crippen molar-refractivity contribution < 1.29 is 8.42 Å². The van der Waals surface area contributed by atoms with Gasteiger partial charge in [0.05, 0.1) is 10.6 Å². The fourth-order valence-electron chi connectivity index (χ4n) is 2.93. The molecule has 6 heteroatoms. The van der Waals surface area contributed by atoms with Crippen LogP contribution in [0.2, 0.25) is 0 Å². The van der Waals surface area contributed by atoms with E-state index in [9.17, 15) is 8.42 Å². The fourth-order valence-corrected chi connectivity index (χ4v) is 5.58. The van der Waals surface area contributed by atoms with E-state index in [0.717, 1.165) is 46.4 Å². The van der Waals surface area contributed by atoms with Gasteiger partial charge in [-0.25, -0.2) is 13.4 Å². The highest BCUT2D eigenvalue weighted by Crippen LogP contribution is 2.41. The van der Waals surface area contributed by atoms with Gasteiger partial charge < -0.3 is 0 Å². The van der Waals surface area contributed by atoms with Crippen LogP contribution in [0.15, 0.2) is 10.3 Å². The molecule has 2 aromatic rings. The first-order valence-corrected chi connectivity index (χ1v) is 10.1.